The number of hydrogen-bond acceptors (Lipinski definition) is 3. The van der Waals surface area contributed by atoms with E-state index in [1.54, 1.807) is 0 Å². The van der Waals surface area contributed by atoms with Crippen molar-refractivity contribution in [3.63, 3.8) is 0 Å². The third kappa shape index (κ3) is 3.58. The van der Waals surface area contributed by atoms with Crippen molar-refractivity contribution < 1.29 is 0 Å². The quantitative estimate of drug-likeness (QED) is 0.725. The van der Waals surface area contributed by atoms with Gasteiger partial charge in [-0.15, -0.1) is 0 Å². The highest BCUT2D eigenvalue weighted by atomic mass is 35.5. The minimum absolute atomic E-state index is 0.298. The van der Waals surface area contributed by atoms with Crippen molar-refractivity contribution in [2.24, 2.45) is 0 Å². The summed E-state index contributed by atoms with van der Waals surface area (Å²) in [6.07, 6.45) is 2.22. The molecular formula is C14H24ClN3. The third-order valence-electron chi connectivity index (χ3n) is 2.88. The van der Waals surface area contributed by atoms with Gasteiger partial charge in [0, 0.05) is 24.6 Å². The summed E-state index contributed by atoms with van der Waals surface area (Å²) in [5, 5.41) is 0.584. The van der Waals surface area contributed by atoms with Crippen molar-refractivity contribution in [1.29, 1.82) is 0 Å². The predicted octanol–water partition coefficient (Wildman–Crippen LogP) is 4.19. The second-order valence-electron chi connectivity index (χ2n) is 4.96. The molecule has 0 aliphatic heterocycles. The molecule has 0 saturated heterocycles. The highest BCUT2D eigenvalue weighted by molar-refractivity contribution is 6.30. The van der Waals surface area contributed by atoms with Crippen LogP contribution in [0.25, 0.3) is 0 Å². The van der Waals surface area contributed by atoms with Crippen molar-refractivity contribution in [1.82, 2.24) is 9.97 Å². The van der Waals surface area contributed by atoms with Crippen molar-refractivity contribution in [3.8, 4) is 0 Å². The minimum atomic E-state index is 0.298. The maximum Gasteiger partial charge on any atom is 0.137 e. The standard InChI is InChI=1S/C14H24ClN3/c1-6-8-18(9-7-2)14-11(5)12(15)16-13(17-14)10(3)4/h10H,6-9H2,1-5H3. The summed E-state index contributed by atoms with van der Waals surface area (Å²) in [6, 6.07) is 0. The first-order valence-electron chi connectivity index (χ1n) is 6.80. The fourth-order valence-corrected chi connectivity index (χ4v) is 2.09. The molecule has 0 N–H and O–H groups in total. The van der Waals surface area contributed by atoms with E-state index in [2.05, 4.69) is 37.6 Å². The maximum atomic E-state index is 6.23. The van der Waals surface area contributed by atoms with Crippen molar-refractivity contribution in [2.45, 2.75) is 53.4 Å². The summed E-state index contributed by atoms with van der Waals surface area (Å²) < 4.78 is 0. The Kier molecular flexibility index (Phi) is 5.86. The van der Waals surface area contributed by atoms with Gasteiger partial charge < -0.3 is 4.90 Å². The average Bonchev–Trinajstić information content (AvgIpc) is 2.32. The van der Waals surface area contributed by atoms with Gasteiger partial charge in [-0.25, -0.2) is 9.97 Å². The normalized spacial score (nSPS) is 11.1. The lowest BCUT2D eigenvalue weighted by Crippen LogP contribution is -2.27. The van der Waals surface area contributed by atoms with Crippen LogP contribution in [0.5, 0.6) is 0 Å². The van der Waals surface area contributed by atoms with E-state index in [9.17, 15) is 0 Å². The van der Waals surface area contributed by atoms with Crippen LogP contribution in [0.3, 0.4) is 0 Å². The van der Waals surface area contributed by atoms with E-state index in [1.165, 1.54) is 0 Å². The fraction of sp³-hybridized carbons (Fsp3) is 0.714. The Morgan fingerprint density at radius 3 is 2.11 bits per heavy atom. The molecule has 1 aromatic heterocycles. The van der Waals surface area contributed by atoms with Crippen LogP contribution < -0.4 is 4.90 Å². The SMILES string of the molecule is CCCN(CCC)c1nc(C(C)C)nc(Cl)c1C. The van der Waals surface area contributed by atoms with Gasteiger partial charge >= 0.3 is 0 Å². The molecule has 0 saturated carbocycles. The molecule has 4 heteroatoms. The van der Waals surface area contributed by atoms with E-state index in [0.29, 0.717) is 11.1 Å². The molecule has 0 fully saturated rings. The molecule has 3 nitrogen and oxygen atoms in total. The number of nitrogens with zero attached hydrogens (tertiary/aromatic N) is 3. The molecule has 0 atom stereocenters. The first-order chi connectivity index (χ1) is 8.51. The van der Waals surface area contributed by atoms with Gasteiger partial charge in [0.2, 0.25) is 0 Å². The monoisotopic (exact) mass is 269 g/mol. The summed E-state index contributed by atoms with van der Waals surface area (Å²) in [5.41, 5.74) is 0.989. The number of aromatic nitrogens is 2. The van der Waals surface area contributed by atoms with E-state index < -0.39 is 0 Å². The van der Waals surface area contributed by atoms with Crippen LogP contribution in [0.1, 0.15) is 57.8 Å². The van der Waals surface area contributed by atoms with Crippen LogP contribution in [0.15, 0.2) is 0 Å². The molecule has 0 aliphatic carbocycles. The molecule has 0 bridgehead atoms. The van der Waals surface area contributed by atoms with E-state index in [-0.39, 0.29) is 0 Å². The van der Waals surface area contributed by atoms with Crippen LogP contribution in [0.4, 0.5) is 5.82 Å². The molecule has 0 radical (unpaired) electrons. The highest BCUT2D eigenvalue weighted by Crippen LogP contribution is 2.26. The van der Waals surface area contributed by atoms with Crippen LogP contribution in [-0.2, 0) is 0 Å². The summed E-state index contributed by atoms with van der Waals surface area (Å²) >= 11 is 6.23. The van der Waals surface area contributed by atoms with Gasteiger partial charge in [-0.3, -0.25) is 0 Å². The molecular weight excluding hydrogens is 246 g/mol. The Morgan fingerprint density at radius 1 is 1.11 bits per heavy atom. The first kappa shape index (κ1) is 15.2. The molecule has 18 heavy (non-hydrogen) atoms. The molecule has 0 amide bonds. The molecule has 0 aromatic carbocycles. The van der Waals surface area contributed by atoms with E-state index in [1.807, 2.05) is 6.92 Å². The Balaban J connectivity index is 3.18. The molecule has 1 heterocycles. The van der Waals surface area contributed by atoms with Crippen LogP contribution in [0, 0.1) is 6.92 Å². The number of rotatable bonds is 6. The van der Waals surface area contributed by atoms with Crippen LogP contribution >= 0.6 is 11.6 Å². The number of halogens is 1. The van der Waals surface area contributed by atoms with Gasteiger partial charge in [-0.1, -0.05) is 39.3 Å². The van der Waals surface area contributed by atoms with Crippen LogP contribution in [0.2, 0.25) is 5.15 Å². The van der Waals surface area contributed by atoms with Crippen molar-refractivity contribution in [3.05, 3.63) is 16.5 Å². The number of hydrogen-bond donors (Lipinski definition) is 0. The summed E-state index contributed by atoms with van der Waals surface area (Å²) in [4.78, 5) is 11.4. The zero-order valence-corrected chi connectivity index (χ0v) is 12.9. The summed E-state index contributed by atoms with van der Waals surface area (Å²) in [6.45, 7) is 12.6. The van der Waals surface area contributed by atoms with Gasteiger partial charge in [0.15, 0.2) is 0 Å². The van der Waals surface area contributed by atoms with Gasteiger partial charge in [0.25, 0.3) is 0 Å². The zero-order chi connectivity index (χ0) is 13.7. The van der Waals surface area contributed by atoms with Gasteiger partial charge in [-0.05, 0) is 19.8 Å². The molecule has 102 valence electrons. The molecule has 1 rings (SSSR count). The lowest BCUT2D eigenvalue weighted by atomic mass is 10.2. The zero-order valence-electron chi connectivity index (χ0n) is 12.1. The fourth-order valence-electron chi connectivity index (χ4n) is 1.92. The molecule has 0 aliphatic rings. The predicted molar refractivity (Wildman–Crippen MR) is 78.7 cm³/mol. The van der Waals surface area contributed by atoms with Crippen molar-refractivity contribution >= 4 is 17.4 Å². The van der Waals surface area contributed by atoms with Crippen molar-refractivity contribution in [2.75, 3.05) is 18.0 Å². The Labute approximate surface area is 116 Å². The lowest BCUT2D eigenvalue weighted by molar-refractivity contribution is 0.709. The first-order valence-corrected chi connectivity index (χ1v) is 7.18. The van der Waals surface area contributed by atoms with Gasteiger partial charge in [-0.2, -0.15) is 0 Å². The smallest absolute Gasteiger partial charge is 0.137 e. The molecule has 1 aromatic rings. The largest absolute Gasteiger partial charge is 0.356 e. The van der Waals surface area contributed by atoms with E-state index in [4.69, 9.17) is 16.6 Å². The maximum absolute atomic E-state index is 6.23. The topological polar surface area (TPSA) is 29.0 Å². The van der Waals surface area contributed by atoms with E-state index in [0.717, 1.165) is 43.1 Å². The Morgan fingerprint density at radius 2 is 1.67 bits per heavy atom. The molecule has 0 spiro atoms. The van der Waals surface area contributed by atoms with Gasteiger partial charge in [0.1, 0.15) is 16.8 Å². The summed E-state index contributed by atoms with van der Waals surface area (Å²) in [5.74, 6) is 2.13. The Bertz CT molecular complexity index is 385. The number of anilines is 1. The van der Waals surface area contributed by atoms with E-state index >= 15 is 0 Å². The third-order valence-corrected chi connectivity index (χ3v) is 3.25. The second kappa shape index (κ2) is 6.93. The second-order valence-corrected chi connectivity index (χ2v) is 5.32. The average molecular weight is 270 g/mol. The lowest BCUT2D eigenvalue weighted by Gasteiger charge is -2.25. The van der Waals surface area contributed by atoms with Gasteiger partial charge in [0.05, 0.1) is 0 Å². The molecule has 0 unspecified atom stereocenters. The Hall–Kier alpha value is -0.830. The highest BCUT2D eigenvalue weighted by Gasteiger charge is 2.16. The minimum Gasteiger partial charge on any atom is -0.356 e. The summed E-state index contributed by atoms with van der Waals surface area (Å²) in [7, 11) is 0. The van der Waals surface area contributed by atoms with Crippen LogP contribution in [-0.4, -0.2) is 23.1 Å².